The van der Waals surface area contributed by atoms with E-state index >= 15 is 0 Å². The van der Waals surface area contributed by atoms with Crippen molar-refractivity contribution in [3.63, 3.8) is 0 Å². The Balaban J connectivity index is 4.90. The van der Waals surface area contributed by atoms with Crippen LogP contribution in [0.1, 0.15) is 0 Å². The molecule has 0 bridgehead atoms. The third kappa shape index (κ3) is 4.72. The Morgan fingerprint density at radius 2 is 0.769 bits per heavy atom. The van der Waals surface area contributed by atoms with Crippen LogP contribution in [0.2, 0.25) is 0 Å². The summed E-state index contributed by atoms with van der Waals surface area (Å²) >= 11 is 0. The molecule has 0 heterocycles. The van der Waals surface area contributed by atoms with Gasteiger partial charge in [-0.2, -0.15) is 61.5 Å². The van der Waals surface area contributed by atoms with Crippen LogP contribution in [-0.2, 0) is 9.47 Å². The predicted octanol–water partition coefficient (Wildman–Crippen LogP) is 4.81. The van der Waals surface area contributed by atoms with Crippen molar-refractivity contribution < 1.29 is 75.7 Å². The monoisotopic (exact) mass is 426 g/mol. The molecule has 0 aromatic rings. The Bertz CT molecular complexity index is 461. The highest BCUT2D eigenvalue weighted by atomic mass is 19.4. The molecule has 0 aromatic heterocycles. The Hall–Kier alpha value is -1.71. The molecule has 0 radical (unpaired) electrons. The van der Waals surface area contributed by atoms with Crippen molar-refractivity contribution in [1.29, 1.82) is 0 Å². The van der Waals surface area contributed by atoms with Crippen molar-refractivity contribution in [1.82, 2.24) is 0 Å². The molecule has 0 spiro atoms. The van der Waals surface area contributed by atoms with Gasteiger partial charge in [0.25, 0.3) is 0 Å². The summed E-state index contributed by atoms with van der Waals surface area (Å²) in [6.45, 7) is -6.22. The van der Waals surface area contributed by atoms with E-state index in [9.17, 15) is 66.3 Å². The van der Waals surface area contributed by atoms with E-state index in [0.29, 0.717) is 0 Å². The van der Waals surface area contributed by atoms with Gasteiger partial charge in [-0.15, -0.1) is 0 Å². The molecule has 156 valence electrons. The highest BCUT2D eigenvalue weighted by molar-refractivity contribution is 5.60. The predicted molar refractivity (Wildman–Crippen MR) is 49.2 cm³/mol. The van der Waals surface area contributed by atoms with Crippen molar-refractivity contribution in [2.75, 3.05) is 13.2 Å². The fourth-order valence-electron chi connectivity index (χ4n) is 0.937. The lowest BCUT2D eigenvalue weighted by atomic mass is 10.2. The molecule has 0 aliphatic carbocycles. The number of carbonyl (C=O) groups excluding carboxylic acids is 1. The number of halogens is 14. The summed E-state index contributed by atoms with van der Waals surface area (Å²) in [6, 6.07) is 0. The highest BCUT2D eigenvalue weighted by Crippen LogP contribution is 2.47. The summed E-state index contributed by atoms with van der Waals surface area (Å²) in [7, 11) is 0. The maximum atomic E-state index is 12.7. The van der Waals surface area contributed by atoms with Crippen LogP contribution in [0.4, 0.5) is 66.3 Å². The van der Waals surface area contributed by atoms with Crippen LogP contribution in [0.5, 0.6) is 0 Å². The van der Waals surface area contributed by atoms with Gasteiger partial charge in [0, 0.05) is 0 Å². The largest absolute Gasteiger partial charge is 0.508 e. The van der Waals surface area contributed by atoms with Crippen molar-refractivity contribution in [3.8, 4) is 0 Å². The average Bonchev–Trinajstić information content (AvgIpc) is 2.40. The molecule has 0 aliphatic heterocycles. The van der Waals surface area contributed by atoms with Crippen molar-refractivity contribution in [3.05, 3.63) is 0 Å². The average molecular weight is 426 g/mol. The molecule has 0 N–H and O–H groups in total. The topological polar surface area (TPSA) is 35.5 Å². The van der Waals surface area contributed by atoms with Crippen LogP contribution in [0.15, 0.2) is 0 Å². The summed E-state index contributed by atoms with van der Waals surface area (Å²) in [6.07, 6.45) is -16.6. The van der Waals surface area contributed by atoms with E-state index in [1.165, 1.54) is 0 Å². The number of alkyl halides is 14. The third-order valence-corrected chi connectivity index (χ3v) is 2.37. The second kappa shape index (κ2) is 6.79. The van der Waals surface area contributed by atoms with Crippen molar-refractivity contribution >= 4 is 6.16 Å². The van der Waals surface area contributed by atoms with Gasteiger partial charge >= 0.3 is 42.2 Å². The second-order valence-electron chi connectivity index (χ2n) is 4.38. The molecule has 0 rings (SSSR count). The molecule has 0 unspecified atom stereocenters. The lowest BCUT2D eigenvalue weighted by molar-refractivity contribution is -0.362. The van der Waals surface area contributed by atoms with E-state index in [1.54, 1.807) is 0 Å². The lowest BCUT2D eigenvalue weighted by Crippen LogP contribution is -2.55. The standard InChI is InChI=1S/C9H4F14O3/c10-4(11,6(14,15)8(18,19)20)1-25-3(24)26-2-5(12,13)7(16,17)9(21,22)23/h1-2H2. The minimum absolute atomic E-state index is 2.93. The highest BCUT2D eigenvalue weighted by Gasteiger charge is 2.74. The van der Waals surface area contributed by atoms with E-state index < -0.39 is 55.4 Å². The van der Waals surface area contributed by atoms with Crippen molar-refractivity contribution in [2.45, 2.75) is 36.0 Å². The van der Waals surface area contributed by atoms with Gasteiger partial charge in [-0.1, -0.05) is 0 Å². The lowest BCUT2D eigenvalue weighted by Gasteiger charge is -2.28. The van der Waals surface area contributed by atoms with Crippen LogP contribution < -0.4 is 0 Å². The van der Waals surface area contributed by atoms with Gasteiger partial charge in [-0.25, -0.2) is 4.79 Å². The smallest absolute Gasteiger partial charge is 0.428 e. The molecule has 3 nitrogen and oxygen atoms in total. The molecule has 0 saturated carbocycles. The van der Waals surface area contributed by atoms with Gasteiger partial charge in [0.1, 0.15) is 0 Å². The first-order valence-corrected chi connectivity index (χ1v) is 5.54. The first kappa shape index (κ1) is 24.3. The number of ether oxygens (including phenoxy) is 2. The summed E-state index contributed by atoms with van der Waals surface area (Å²) < 4.78 is 176. The first-order chi connectivity index (χ1) is 11.1. The molecule has 0 aromatic carbocycles. The first-order valence-electron chi connectivity index (χ1n) is 5.54. The quantitative estimate of drug-likeness (QED) is 0.452. The summed E-state index contributed by atoms with van der Waals surface area (Å²) in [5, 5.41) is 0. The normalized spacial score (nSPS) is 15.0. The van der Waals surface area contributed by atoms with E-state index in [1.807, 2.05) is 0 Å². The fraction of sp³-hybridized carbons (Fsp3) is 0.889. The van der Waals surface area contributed by atoms with Crippen LogP contribution in [0, 0.1) is 0 Å². The van der Waals surface area contributed by atoms with Gasteiger partial charge in [0.05, 0.1) is 0 Å². The number of rotatable bonds is 6. The van der Waals surface area contributed by atoms with Crippen LogP contribution >= 0.6 is 0 Å². The minimum Gasteiger partial charge on any atom is -0.428 e. The molecule has 0 atom stereocenters. The minimum atomic E-state index is -6.83. The van der Waals surface area contributed by atoms with Gasteiger partial charge in [0.15, 0.2) is 13.2 Å². The Morgan fingerprint density at radius 1 is 0.538 bits per heavy atom. The zero-order chi connectivity index (χ0) is 21.4. The second-order valence-corrected chi connectivity index (χ2v) is 4.38. The molecule has 0 amide bonds. The third-order valence-electron chi connectivity index (χ3n) is 2.37. The van der Waals surface area contributed by atoms with Crippen molar-refractivity contribution in [2.24, 2.45) is 0 Å². The zero-order valence-electron chi connectivity index (χ0n) is 11.4. The molecular weight excluding hydrogens is 422 g/mol. The summed E-state index contributed by atoms with van der Waals surface area (Å²) in [5.41, 5.74) is 0. The van der Waals surface area contributed by atoms with Gasteiger partial charge in [-0.05, 0) is 0 Å². The van der Waals surface area contributed by atoms with E-state index in [2.05, 4.69) is 9.47 Å². The van der Waals surface area contributed by atoms with E-state index in [4.69, 9.17) is 0 Å². The molecule has 0 saturated heterocycles. The van der Waals surface area contributed by atoms with E-state index in [0.717, 1.165) is 0 Å². The number of carbonyl (C=O) groups is 1. The Kier molecular flexibility index (Phi) is 6.34. The Labute approximate surface area is 132 Å². The van der Waals surface area contributed by atoms with E-state index in [-0.39, 0.29) is 0 Å². The maximum Gasteiger partial charge on any atom is 0.508 e. The van der Waals surface area contributed by atoms with Crippen LogP contribution in [0.3, 0.4) is 0 Å². The van der Waals surface area contributed by atoms with Crippen LogP contribution in [0.25, 0.3) is 0 Å². The zero-order valence-corrected chi connectivity index (χ0v) is 11.4. The van der Waals surface area contributed by atoms with Gasteiger partial charge < -0.3 is 9.47 Å². The summed E-state index contributed by atoms with van der Waals surface area (Å²) in [4.78, 5) is 10.5. The summed E-state index contributed by atoms with van der Waals surface area (Å²) in [5.74, 6) is -25.8. The molecule has 0 aliphatic rings. The van der Waals surface area contributed by atoms with Gasteiger partial charge in [-0.3, -0.25) is 0 Å². The number of hydrogen-bond donors (Lipinski definition) is 0. The van der Waals surface area contributed by atoms with Gasteiger partial charge in [0.2, 0.25) is 0 Å². The fourth-order valence-corrected chi connectivity index (χ4v) is 0.937. The number of hydrogen-bond acceptors (Lipinski definition) is 3. The maximum absolute atomic E-state index is 12.7. The van der Waals surface area contributed by atoms with Crippen LogP contribution in [-0.4, -0.2) is 55.4 Å². The molecule has 17 heteroatoms. The molecule has 26 heavy (non-hydrogen) atoms. The Morgan fingerprint density at radius 3 is 0.962 bits per heavy atom. The molecule has 0 fully saturated rings. The SMILES string of the molecule is O=C(OCC(F)(F)C(F)(F)C(F)(F)F)OCC(F)(F)C(F)(F)C(F)(F)F. The molecular formula is C9H4F14O3.